The SMILES string of the molecule is Cc1c(C(=O)O)nnn1C1CCNc2ccccc21. The Balaban J connectivity index is 2.07. The lowest BCUT2D eigenvalue weighted by molar-refractivity contribution is 0.0689. The molecule has 0 saturated heterocycles. The van der Waals surface area contributed by atoms with Crippen LogP contribution in [0.5, 0.6) is 0 Å². The number of rotatable bonds is 2. The van der Waals surface area contributed by atoms with E-state index in [1.165, 1.54) is 0 Å². The zero-order valence-electron chi connectivity index (χ0n) is 10.5. The molecular weight excluding hydrogens is 244 g/mol. The molecule has 19 heavy (non-hydrogen) atoms. The van der Waals surface area contributed by atoms with Gasteiger partial charge < -0.3 is 10.4 Å². The lowest BCUT2D eigenvalue weighted by Crippen LogP contribution is -2.23. The number of fused-ring (bicyclic) bond motifs is 1. The molecule has 98 valence electrons. The molecule has 0 saturated carbocycles. The van der Waals surface area contributed by atoms with Gasteiger partial charge in [0.05, 0.1) is 11.7 Å². The summed E-state index contributed by atoms with van der Waals surface area (Å²) in [6, 6.07) is 8.05. The largest absolute Gasteiger partial charge is 0.476 e. The third-order valence-corrected chi connectivity index (χ3v) is 3.48. The van der Waals surface area contributed by atoms with Crippen molar-refractivity contribution < 1.29 is 9.90 Å². The van der Waals surface area contributed by atoms with E-state index < -0.39 is 5.97 Å². The summed E-state index contributed by atoms with van der Waals surface area (Å²) in [5.74, 6) is -1.04. The molecule has 0 spiro atoms. The number of carbonyl (C=O) groups is 1. The van der Waals surface area contributed by atoms with Gasteiger partial charge >= 0.3 is 5.97 Å². The van der Waals surface area contributed by atoms with Crippen molar-refractivity contribution in [3.05, 3.63) is 41.2 Å². The molecule has 1 aromatic carbocycles. The van der Waals surface area contributed by atoms with Crippen LogP contribution < -0.4 is 5.32 Å². The molecule has 3 rings (SSSR count). The van der Waals surface area contributed by atoms with Gasteiger partial charge in [0.1, 0.15) is 0 Å². The van der Waals surface area contributed by atoms with Crippen molar-refractivity contribution in [1.82, 2.24) is 15.0 Å². The van der Waals surface area contributed by atoms with Crippen LogP contribution in [0.2, 0.25) is 0 Å². The van der Waals surface area contributed by atoms with E-state index in [9.17, 15) is 4.79 Å². The number of aromatic carboxylic acids is 1. The van der Waals surface area contributed by atoms with Crippen LogP contribution in [-0.4, -0.2) is 32.6 Å². The minimum atomic E-state index is -1.04. The smallest absolute Gasteiger partial charge is 0.358 e. The predicted octanol–water partition coefficient (Wildman–Crippen LogP) is 1.69. The molecule has 6 nitrogen and oxygen atoms in total. The Morgan fingerprint density at radius 1 is 1.47 bits per heavy atom. The van der Waals surface area contributed by atoms with Crippen LogP contribution in [-0.2, 0) is 0 Å². The van der Waals surface area contributed by atoms with Crippen molar-refractivity contribution in [2.75, 3.05) is 11.9 Å². The maximum absolute atomic E-state index is 11.0. The Labute approximate surface area is 110 Å². The quantitative estimate of drug-likeness (QED) is 0.856. The first-order valence-electron chi connectivity index (χ1n) is 6.16. The highest BCUT2D eigenvalue weighted by Gasteiger charge is 2.26. The second-order valence-corrected chi connectivity index (χ2v) is 4.59. The fourth-order valence-corrected chi connectivity index (χ4v) is 2.54. The van der Waals surface area contributed by atoms with Gasteiger partial charge in [0, 0.05) is 12.2 Å². The minimum absolute atomic E-state index is 0.0241. The molecule has 0 amide bonds. The van der Waals surface area contributed by atoms with Crippen molar-refractivity contribution >= 4 is 11.7 Å². The number of nitrogens with one attached hydrogen (secondary N) is 1. The number of benzene rings is 1. The van der Waals surface area contributed by atoms with Gasteiger partial charge in [-0.1, -0.05) is 23.4 Å². The number of hydrogen-bond donors (Lipinski definition) is 2. The number of hydrogen-bond acceptors (Lipinski definition) is 4. The number of aromatic nitrogens is 3. The van der Waals surface area contributed by atoms with Gasteiger partial charge in [-0.05, 0) is 25.0 Å². The van der Waals surface area contributed by atoms with Gasteiger partial charge in [0.2, 0.25) is 0 Å². The van der Waals surface area contributed by atoms with Crippen LogP contribution in [0.25, 0.3) is 0 Å². The Hall–Kier alpha value is -2.37. The maximum atomic E-state index is 11.0. The van der Waals surface area contributed by atoms with Crippen LogP contribution in [0, 0.1) is 6.92 Å². The van der Waals surface area contributed by atoms with Crippen LogP contribution in [0.15, 0.2) is 24.3 Å². The monoisotopic (exact) mass is 258 g/mol. The van der Waals surface area contributed by atoms with Gasteiger partial charge in [0.25, 0.3) is 0 Å². The highest BCUT2D eigenvalue weighted by Crippen LogP contribution is 2.32. The lowest BCUT2D eigenvalue weighted by atomic mass is 9.98. The predicted molar refractivity (Wildman–Crippen MR) is 69.4 cm³/mol. The minimum Gasteiger partial charge on any atom is -0.476 e. The molecule has 0 aliphatic carbocycles. The van der Waals surface area contributed by atoms with E-state index in [2.05, 4.69) is 15.6 Å². The fraction of sp³-hybridized carbons (Fsp3) is 0.308. The molecule has 0 bridgehead atoms. The summed E-state index contributed by atoms with van der Waals surface area (Å²) in [5, 5.41) is 20.2. The van der Waals surface area contributed by atoms with Crippen molar-refractivity contribution in [3.8, 4) is 0 Å². The highest BCUT2D eigenvalue weighted by atomic mass is 16.4. The van der Waals surface area contributed by atoms with Crippen molar-refractivity contribution in [2.45, 2.75) is 19.4 Å². The van der Waals surface area contributed by atoms with Crippen molar-refractivity contribution in [2.24, 2.45) is 0 Å². The maximum Gasteiger partial charge on any atom is 0.358 e. The van der Waals surface area contributed by atoms with Crippen LogP contribution in [0.3, 0.4) is 0 Å². The molecule has 1 aromatic heterocycles. The van der Waals surface area contributed by atoms with Gasteiger partial charge in [-0.3, -0.25) is 0 Å². The summed E-state index contributed by atoms with van der Waals surface area (Å²) >= 11 is 0. The Bertz CT molecular complexity index is 635. The number of carboxylic acid groups (broad SMARTS) is 1. The third-order valence-electron chi connectivity index (χ3n) is 3.48. The van der Waals surface area contributed by atoms with Crippen molar-refractivity contribution in [1.29, 1.82) is 0 Å². The molecule has 1 atom stereocenters. The van der Waals surface area contributed by atoms with Gasteiger partial charge in [-0.2, -0.15) is 0 Å². The molecule has 2 heterocycles. The number of carboxylic acids is 1. The molecule has 2 N–H and O–H groups in total. The van der Waals surface area contributed by atoms with Gasteiger partial charge in [-0.15, -0.1) is 5.10 Å². The molecule has 0 fully saturated rings. The second-order valence-electron chi connectivity index (χ2n) is 4.59. The van der Waals surface area contributed by atoms with E-state index in [0.29, 0.717) is 5.69 Å². The summed E-state index contributed by atoms with van der Waals surface area (Å²) in [6.45, 7) is 2.58. The molecule has 6 heteroatoms. The first kappa shape index (κ1) is 11.7. The molecule has 1 unspecified atom stereocenters. The van der Waals surface area contributed by atoms with E-state index in [1.54, 1.807) is 11.6 Å². The number of nitrogens with zero attached hydrogens (tertiary/aromatic N) is 3. The van der Waals surface area contributed by atoms with Crippen molar-refractivity contribution in [3.63, 3.8) is 0 Å². The van der Waals surface area contributed by atoms with Crippen LogP contribution in [0.4, 0.5) is 5.69 Å². The highest BCUT2D eigenvalue weighted by molar-refractivity contribution is 5.86. The molecule has 1 aliphatic rings. The lowest BCUT2D eigenvalue weighted by Gasteiger charge is -2.27. The zero-order chi connectivity index (χ0) is 13.4. The second kappa shape index (κ2) is 4.38. The first-order chi connectivity index (χ1) is 9.18. The standard InChI is InChI=1S/C13H14N4O2/c1-8-12(13(18)19)15-16-17(8)11-6-7-14-10-5-3-2-4-9(10)11/h2-5,11,14H,6-7H2,1H3,(H,18,19). The topological polar surface area (TPSA) is 80.0 Å². The number of anilines is 1. The average molecular weight is 258 g/mol. The van der Waals surface area contributed by atoms with Crippen LogP contribution >= 0.6 is 0 Å². The molecular formula is C13H14N4O2. The summed E-state index contributed by atoms with van der Waals surface area (Å²) < 4.78 is 1.71. The van der Waals surface area contributed by atoms with E-state index in [-0.39, 0.29) is 11.7 Å². The van der Waals surface area contributed by atoms with E-state index in [0.717, 1.165) is 24.2 Å². The fourth-order valence-electron chi connectivity index (χ4n) is 2.54. The summed E-state index contributed by atoms with van der Waals surface area (Å²) in [7, 11) is 0. The zero-order valence-corrected chi connectivity index (χ0v) is 10.5. The number of para-hydroxylation sites is 1. The van der Waals surface area contributed by atoms with Crippen LogP contribution in [0.1, 0.15) is 34.2 Å². The molecule has 2 aromatic rings. The molecule has 0 radical (unpaired) electrons. The van der Waals surface area contributed by atoms with E-state index in [1.807, 2.05) is 24.3 Å². The van der Waals surface area contributed by atoms with Gasteiger partial charge in [0.15, 0.2) is 5.69 Å². The Morgan fingerprint density at radius 2 is 2.26 bits per heavy atom. The summed E-state index contributed by atoms with van der Waals surface area (Å²) in [5.41, 5.74) is 2.81. The third kappa shape index (κ3) is 1.85. The first-order valence-corrected chi connectivity index (χ1v) is 6.16. The van der Waals surface area contributed by atoms with E-state index >= 15 is 0 Å². The Kier molecular flexibility index (Phi) is 2.70. The van der Waals surface area contributed by atoms with Gasteiger partial charge in [-0.25, -0.2) is 9.48 Å². The summed E-state index contributed by atoms with van der Waals surface area (Å²) in [6.07, 6.45) is 0.861. The summed E-state index contributed by atoms with van der Waals surface area (Å²) in [4.78, 5) is 11.0. The molecule has 1 aliphatic heterocycles. The van der Waals surface area contributed by atoms with E-state index in [4.69, 9.17) is 5.11 Å². The average Bonchev–Trinajstić information content (AvgIpc) is 2.80. The Morgan fingerprint density at radius 3 is 3.00 bits per heavy atom. The normalized spacial score (nSPS) is 17.6.